The van der Waals surface area contributed by atoms with Crippen LogP contribution in [0.5, 0.6) is 0 Å². The first kappa shape index (κ1) is 15.9. The summed E-state index contributed by atoms with van der Waals surface area (Å²) in [6, 6.07) is 9.98. The van der Waals surface area contributed by atoms with Crippen LogP contribution in [0.15, 0.2) is 30.3 Å². The minimum absolute atomic E-state index is 0.0777. The number of urea groups is 1. The van der Waals surface area contributed by atoms with E-state index in [0.717, 1.165) is 25.8 Å². The Balaban J connectivity index is 1.55. The van der Waals surface area contributed by atoms with Crippen LogP contribution in [0.25, 0.3) is 0 Å². The van der Waals surface area contributed by atoms with Crippen LogP contribution in [0.1, 0.15) is 37.7 Å². The van der Waals surface area contributed by atoms with Crippen molar-refractivity contribution in [3.8, 4) is 0 Å². The Hall–Kier alpha value is -1.56. The Labute approximate surface area is 143 Å². The number of hydrogen-bond acceptors (Lipinski definition) is 3. The normalized spacial score (nSPS) is 34.2. The topological polar surface area (TPSA) is 66.5 Å². The van der Waals surface area contributed by atoms with Gasteiger partial charge in [-0.05, 0) is 24.8 Å². The maximum atomic E-state index is 12.8. The van der Waals surface area contributed by atoms with Gasteiger partial charge < -0.3 is 10.2 Å². The molecule has 1 aromatic carbocycles. The fourth-order valence-corrected chi connectivity index (χ4v) is 6.46. The molecular weight excluding hydrogens is 324 g/mol. The molecule has 24 heavy (non-hydrogen) atoms. The monoisotopic (exact) mass is 348 g/mol. The molecule has 1 saturated carbocycles. The third-order valence-electron chi connectivity index (χ3n) is 6.00. The smallest absolute Gasteiger partial charge is 0.318 e. The second-order valence-corrected chi connectivity index (χ2v) is 9.62. The van der Waals surface area contributed by atoms with Crippen LogP contribution in [0.4, 0.5) is 4.79 Å². The van der Waals surface area contributed by atoms with E-state index in [2.05, 4.69) is 17.4 Å². The molecule has 0 aromatic heterocycles. The van der Waals surface area contributed by atoms with Crippen molar-refractivity contribution in [3.63, 3.8) is 0 Å². The molecule has 4 rings (SSSR count). The number of carbonyl (C=O) groups is 1. The molecule has 3 unspecified atom stereocenters. The number of amides is 2. The zero-order valence-electron chi connectivity index (χ0n) is 13.8. The Bertz CT molecular complexity index is 734. The van der Waals surface area contributed by atoms with Crippen molar-refractivity contribution in [2.45, 2.75) is 43.7 Å². The van der Waals surface area contributed by atoms with Gasteiger partial charge in [0.25, 0.3) is 0 Å². The van der Waals surface area contributed by atoms with Crippen molar-refractivity contribution in [2.75, 3.05) is 18.1 Å². The molecule has 2 aliphatic heterocycles. The second-order valence-electron chi connectivity index (χ2n) is 7.39. The van der Waals surface area contributed by atoms with Gasteiger partial charge in [-0.2, -0.15) is 0 Å². The number of sulfone groups is 1. The first-order valence-corrected chi connectivity index (χ1v) is 10.7. The van der Waals surface area contributed by atoms with Gasteiger partial charge in [0, 0.05) is 18.5 Å². The van der Waals surface area contributed by atoms with Crippen LogP contribution in [-0.2, 0) is 15.4 Å². The van der Waals surface area contributed by atoms with E-state index in [1.54, 1.807) is 0 Å². The maximum Gasteiger partial charge on any atom is 0.318 e. The summed E-state index contributed by atoms with van der Waals surface area (Å²) in [5.74, 6) is 0.783. The van der Waals surface area contributed by atoms with Crippen LogP contribution in [-0.4, -0.2) is 43.4 Å². The highest BCUT2D eigenvalue weighted by Crippen LogP contribution is 2.53. The first-order valence-electron chi connectivity index (χ1n) is 8.85. The Morgan fingerprint density at radius 2 is 1.96 bits per heavy atom. The molecule has 0 spiro atoms. The SMILES string of the molecule is O=C(NC1CCS(=O)(=O)C1)N1CC2CCCCC21c1ccccc1. The van der Waals surface area contributed by atoms with Gasteiger partial charge in [0.05, 0.1) is 17.0 Å². The van der Waals surface area contributed by atoms with Crippen LogP contribution in [0, 0.1) is 5.92 Å². The van der Waals surface area contributed by atoms with E-state index < -0.39 is 9.84 Å². The number of fused-ring (bicyclic) bond motifs is 1. The Morgan fingerprint density at radius 3 is 2.62 bits per heavy atom. The molecule has 3 aliphatic rings. The number of nitrogens with one attached hydrogen (secondary N) is 1. The van der Waals surface area contributed by atoms with Crippen LogP contribution >= 0.6 is 0 Å². The van der Waals surface area contributed by atoms with Crippen molar-refractivity contribution >= 4 is 15.9 Å². The molecule has 130 valence electrons. The van der Waals surface area contributed by atoms with E-state index in [1.807, 2.05) is 23.1 Å². The van der Waals surface area contributed by atoms with Gasteiger partial charge in [0.1, 0.15) is 0 Å². The average molecular weight is 348 g/mol. The third-order valence-corrected chi connectivity index (χ3v) is 7.77. The second kappa shape index (κ2) is 5.76. The third kappa shape index (κ3) is 2.51. The average Bonchev–Trinajstić information content (AvgIpc) is 2.88. The summed E-state index contributed by atoms with van der Waals surface area (Å²) in [5.41, 5.74) is 1.02. The summed E-state index contributed by atoms with van der Waals surface area (Å²) in [6.45, 7) is 0.778. The standard InChI is InChI=1S/C18H24N2O3S/c21-17(19-16-9-11-24(22,23)13-16)20-12-15-8-4-5-10-18(15,20)14-6-2-1-3-7-14/h1-3,6-7,15-16H,4-5,8-13H2,(H,19,21). The lowest BCUT2D eigenvalue weighted by Crippen LogP contribution is -2.69. The lowest BCUT2D eigenvalue weighted by Gasteiger charge is -2.61. The van der Waals surface area contributed by atoms with E-state index in [4.69, 9.17) is 0 Å². The van der Waals surface area contributed by atoms with Crippen LogP contribution < -0.4 is 5.32 Å². The predicted molar refractivity (Wildman–Crippen MR) is 92.4 cm³/mol. The maximum absolute atomic E-state index is 12.8. The molecular formula is C18H24N2O3S. The van der Waals surface area contributed by atoms with Crippen molar-refractivity contribution in [1.82, 2.24) is 10.2 Å². The first-order chi connectivity index (χ1) is 11.5. The fraction of sp³-hybridized carbons (Fsp3) is 0.611. The van der Waals surface area contributed by atoms with Crippen molar-refractivity contribution in [1.29, 1.82) is 0 Å². The van der Waals surface area contributed by atoms with Gasteiger partial charge in [-0.25, -0.2) is 13.2 Å². The van der Waals surface area contributed by atoms with Gasteiger partial charge in [-0.15, -0.1) is 0 Å². The number of rotatable bonds is 2. The molecule has 0 radical (unpaired) electrons. The van der Waals surface area contributed by atoms with Gasteiger partial charge in [-0.1, -0.05) is 43.2 Å². The molecule has 1 aromatic rings. The van der Waals surface area contributed by atoms with E-state index in [0.29, 0.717) is 12.3 Å². The fourth-order valence-electron chi connectivity index (χ4n) is 4.78. The van der Waals surface area contributed by atoms with E-state index in [9.17, 15) is 13.2 Å². The summed E-state index contributed by atoms with van der Waals surface area (Å²) in [6.07, 6.45) is 5.06. The number of benzene rings is 1. The number of carbonyl (C=O) groups excluding carboxylic acids is 1. The highest BCUT2D eigenvalue weighted by atomic mass is 32.2. The van der Waals surface area contributed by atoms with E-state index in [1.165, 1.54) is 12.0 Å². The zero-order valence-corrected chi connectivity index (χ0v) is 14.6. The molecule has 1 aliphatic carbocycles. The molecule has 2 amide bonds. The molecule has 2 heterocycles. The molecule has 3 atom stereocenters. The lowest BCUT2D eigenvalue weighted by atomic mass is 9.62. The summed E-state index contributed by atoms with van der Waals surface area (Å²) < 4.78 is 23.2. The Kier molecular flexibility index (Phi) is 3.82. The highest BCUT2D eigenvalue weighted by molar-refractivity contribution is 7.91. The summed E-state index contributed by atoms with van der Waals surface area (Å²) in [5, 5.41) is 2.97. The predicted octanol–water partition coefficient (Wildman–Crippen LogP) is 2.28. The number of hydrogen-bond donors (Lipinski definition) is 1. The number of likely N-dealkylation sites (tertiary alicyclic amines) is 1. The van der Waals surface area contributed by atoms with Gasteiger partial charge in [0.2, 0.25) is 0 Å². The van der Waals surface area contributed by atoms with Gasteiger partial charge in [0.15, 0.2) is 9.84 Å². The molecule has 0 bridgehead atoms. The minimum atomic E-state index is -2.98. The van der Waals surface area contributed by atoms with E-state index in [-0.39, 0.29) is 29.1 Å². The molecule has 6 heteroatoms. The summed E-state index contributed by atoms with van der Waals surface area (Å²) in [4.78, 5) is 14.8. The van der Waals surface area contributed by atoms with Crippen molar-refractivity contribution in [3.05, 3.63) is 35.9 Å². The number of nitrogens with zero attached hydrogens (tertiary/aromatic N) is 1. The quantitative estimate of drug-likeness (QED) is 0.892. The largest absolute Gasteiger partial charge is 0.334 e. The molecule has 5 nitrogen and oxygen atoms in total. The van der Waals surface area contributed by atoms with E-state index >= 15 is 0 Å². The molecule has 1 N–H and O–H groups in total. The van der Waals surface area contributed by atoms with Gasteiger partial charge in [-0.3, -0.25) is 0 Å². The minimum Gasteiger partial charge on any atom is -0.334 e. The lowest BCUT2D eigenvalue weighted by molar-refractivity contribution is -0.0797. The molecule has 3 fully saturated rings. The highest BCUT2D eigenvalue weighted by Gasteiger charge is 2.57. The van der Waals surface area contributed by atoms with Crippen LogP contribution in [0.3, 0.4) is 0 Å². The summed E-state index contributed by atoms with van der Waals surface area (Å²) >= 11 is 0. The summed E-state index contributed by atoms with van der Waals surface area (Å²) in [7, 11) is -2.98. The zero-order chi connectivity index (χ0) is 16.8. The van der Waals surface area contributed by atoms with Gasteiger partial charge >= 0.3 is 6.03 Å². The van der Waals surface area contributed by atoms with Crippen LogP contribution in [0.2, 0.25) is 0 Å². The van der Waals surface area contributed by atoms with Crippen molar-refractivity contribution in [2.24, 2.45) is 5.92 Å². The molecule has 2 saturated heterocycles. The van der Waals surface area contributed by atoms with Crippen molar-refractivity contribution < 1.29 is 13.2 Å². The Morgan fingerprint density at radius 1 is 1.17 bits per heavy atom.